The molecule has 6 rings (SSSR count). The van der Waals surface area contributed by atoms with Gasteiger partial charge in [-0.05, 0) is 38.5 Å². The molecule has 0 unspecified atom stereocenters. The molecule has 7 atom stereocenters. The minimum Gasteiger partial charge on any atom is -0.489 e. The van der Waals surface area contributed by atoms with Gasteiger partial charge in [0.15, 0.2) is 18.2 Å². The van der Waals surface area contributed by atoms with Crippen molar-refractivity contribution >= 4 is 11.8 Å². The molecule has 4 fully saturated rings. The van der Waals surface area contributed by atoms with Crippen LogP contribution in [0.4, 0.5) is 0 Å². The van der Waals surface area contributed by atoms with E-state index in [2.05, 4.69) is 0 Å². The Hall–Kier alpha value is -1.44. The molecule has 0 aromatic heterocycles. The molecule has 3 aliphatic carbocycles. The summed E-state index contributed by atoms with van der Waals surface area (Å²) in [6, 6.07) is 0. The Morgan fingerprint density at radius 2 is 2.08 bits per heavy atom. The number of aliphatic carboxylic acids is 1. The van der Waals surface area contributed by atoms with Crippen LogP contribution in [0.2, 0.25) is 0 Å². The molecular weight excluding hydrogens is 340 g/mol. The standard InChI is InChI=1S/C19H24O7/c1-17(16(22)23)15-12(20)6-10-11(3-2-9-13(21)7-25-14(9)10)18(15)4-5-19(17,24)26-8-18/h10-12,15,20,24H,2-8H2,1H3,(H,22,23)/t10-,11-,12-,15+,17+,18+,19+/m1/s1. The van der Waals surface area contributed by atoms with E-state index < -0.39 is 34.6 Å². The zero-order chi connectivity index (χ0) is 18.5. The van der Waals surface area contributed by atoms with E-state index in [0.717, 1.165) is 12.0 Å². The van der Waals surface area contributed by atoms with E-state index in [-0.39, 0.29) is 37.3 Å². The van der Waals surface area contributed by atoms with Gasteiger partial charge in [-0.1, -0.05) is 0 Å². The number of aliphatic hydroxyl groups is 2. The molecule has 6 aliphatic rings. The molecule has 0 amide bonds. The topological polar surface area (TPSA) is 113 Å². The van der Waals surface area contributed by atoms with Crippen molar-refractivity contribution in [3.8, 4) is 0 Å². The maximum Gasteiger partial charge on any atom is 0.315 e. The molecule has 2 bridgehead atoms. The predicted molar refractivity (Wildman–Crippen MR) is 86.6 cm³/mol. The number of ether oxygens (including phenoxy) is 2. The van der Waals surface area contributed by atoms with Crippen molar-refractivity contribution in [1.82, 2.24) is 0 Å². The summed E-state index contributed by atoms with van der Waals surface area (Å²) in [5, 5.41) is 32.0. The van der Waals surface area contributed by atoms with Crippen LogP contribution in [-0.2, 0) is 19.1 Å². The minimum absolute atomic E-state index is 0.0286. The number of carboxylic acids is 1. The fourth-order valence-electron chi connectivity index (χ4n) is 6.95. The Morgan fingerprint density at radius 3 is 2.73 bits per heavy atom. The first-order valence-electron chi connectivity index (χ1n) is 9.41. The summed E-state index contributed by atoms with van der Waals surface area (Å²) in [7, 11) is 0. The first-order valence-corrected chi connectivity index (χ1v) is 9.41. The number of carboxylic acid groups (broad SMARTS) is 1. The van der Waals surface area contributed by atoms with Crippen LogP contribution in [0, 0.1) is 28.6 Å². The highest BCUT2D eigenvalue weighted by Crippen LogP contribution is 2.70. The summed E-state index contributed by atoms with van der Waals surface area (Å²) < 4.78 is 11.5. The van der Waals surface area contributed by atoms with Gasteiger partial charge >= 0.3 is 5.97 Å². The maximum absolute atomic E-state index is 12.2. The number of aliphatic hydroxyl groups excluding tert-OH is 1. The number of rotatable bonds is 1. The summed E-state index contributed by atoms with van der Waals surface area (Å²) in [4.78, 5) is 24.3. The van der Waals surface area contributed by atoms with Crippen molar-refractivity contribution in [2.45, 2.75) is 50.9 Å². The van der Waals surface area contributed by atoms with Crippen LogP contribution in [0.3, 0.4) is 0 Å². The molecule has 7 nitrogen and oxygen atoms in total. The first kappa shape index (κ1) is 16.7. The predicted octanol–water partition coefficient (Wildman–Crippen LogP) is 0.837. The average molecular weight is 364 g/mol. The minimum atomic E-state index is -1.75. The fourth-order valence-corrected chi connectivity index (χ4v) is 6.95. The Bertz CT molecular complexity index is 732. The van der Waals surface area contributed by atoms with Crippen LogP contribution in [0.15, 0.2) is 11.3 Å². The zero-order valence-electron chi connectivity index (χ0n) is 14.7. The van der Waals surface area contributed by atoms with Crippen molar-refractivity contribution < 1.29 is 34.4 Å². The van der Waals surface area contributed by atoms with Crippen molar-refractivity contribution in [3.05, 3.63) is 11.3 Å². The van der Waals surface area contributed by atoms with E-state index in [1.165, 1.54) is 6.92 Å². The van der Waals surface area contributed by atoms with Gasteiger partial charge in [0.25, 0.3) is 0 Å². The number of ketones is 1. The number of hydrogen-bond donors (Lipinski definition) is 3. The fraction of sp³-hybridized carbons (Fsp3) is 0.789. The normalized spacial score (nSPS) is 52.2. The monoisotopic (exact) mass is 364 g/mol. The number of carbonyl (C=O) groups is 2. The molecule has 7 heteroatoms. The van der Waals surface area contributed by atoms with Crippen molar-refractivity contribution in [3.63, 3.8) is 0 Å². The van der Waals surface area contributed by atoms with Crippen molar-refractivity contribution in [1.29, 1.82) is 0 Å². The van der Waals surface area contributed by atoms with Gasteiger partial charge in [-0.25, -0.2) is 0 Å². The Morgan fingerprint density at radius 1 is 1.31 bits per heavy atom. The van der Waals surface area contributed by atoms with E-state index in [4.69, 9.17) is 9.47 Å². The van der Waals surface area contributed by atoms with Crippen molar-refractivity contribution in [2.24, 2.45) is 28.6 Å². The molecule has 26 heavy (non-hydrogen) atoms. The number of hydrogen-bond acceptors (Lipinski definition) is 6. The second kappa shape index (κ2) is 4.88. The zero-order valence-corrected chi connectivity index (χ0v) is 14.7. The third-order valence-electron chi connectivity index (χ3n) is 8.15. The molecule has 3 heterocycles. The van der Waals surface area contributed by atoms with Gasteiger partial charge < -0.3 is 24.8 Å². The summed E-state index contributed by atoms with van der Waals surface area (Å²) in [5.74, 6) is -2.72. The van der Waals surface area contributed by atoms with Crippen LogP contribution in [0.1, 0.15) is 39.0 Å². The largest absolute Gasteiger partial charge is 0.489 e. The van der Waals surface area contributed by atoms with Gasteiger partial charge in [0.1, 0.15) is 11.2 Å². The number of allylic oxidation sites excluding steroid dienone is 1. The highest BCUT2D eigenvalue weighted by Gasteiger charge is 2.76. The van der Waals surface area contributed by atoms with Crippen LogP contribution in [-0.4, -0.2) is 52.2 Å². The molecule has 142 valence electrons. The van der Waals surface area contributed by atoms with Gasteiger partial charge in [0.05, 0.1) is 12.7 Å². The number of fused-ring (bicyclic) bond motifs is 4. The smallest absolute Gasteiger partial charge is 0.315 e. The lowest BCUT2D eigenvalue weighted by Crippen LogP contribution is -2.76. The van der Waals surface area contributed by atoms with E-state index in [1.54, 1.807) is 0 Å². The van der Waals surface area contributed by atoms with Gasteiger partial charge in [-0.15, -0.1) is 0 Å². The Kier molecular flexibility index (Phi) is 3.14. The Balaban J connectivity index is 1.64. The second-order valence-corrected chi connectivity index (χ2v) is 8.90. The van der Waals surface area contributed by atoms with E-state index in [9.17, 15) is 24.9 Å². The summed E-state index contributed by atoms with van der Waals surface area (Å²) in [6.45, 7) is 1.83. The van der Waals surface area contributed by atoms with Gasteiger partial charge in [-0.3, -0.25) is 9.59 Å². The molecule has 2 saturated carbocycles. The third kappa shape index (κ3) is 1.66. The molecule has 0 aromatic rings. The highest BCUT2D eigenvalue weighted by molar-refractivity contribution is 5.99. The third-order valence-corrected chi connectivity index (χ3v) is 8.15. The molecule has 2 saturated heterocycles. The molecule has 0 radical (unpaired) electrons. The molecule has 3 N–H and O–H groups in total. The average Bonchev–Trinajstić information content (AvgIpc) is 2.98. The summed E-state index contributed by atoms with van der Waals surface area (Å²) >= 11 is 0. The SMILES string of the molecule is C[C@@]1(C(=O)O)[C@@H]2[C@H](O)C[C@H]3C4=C(CC[C@H]3[C@@]23CC[C@]1(O)OC3)C(=O)CO4. The van der Waals surface area contributed by atoms with Crippen molar-refractivity contribution in [2.75, 3.05) is 13.2 Å². The first-order chi connectivity index (χ1) is 12.2. The van der Waals surface area contributed by atoms with Crippen LogP contribution in [0.5, 0.6) is 0 Å². The van der Waals surface area contributed by atoms with Gasteiger partial charge in [0, 0.05) is 29.2 Å². The van der Waals surface area contributed by atoms with Crippen LogP contribution >= 0.6 is 0 Å². The highest BCUT2D eigenvalue weighted by atomic mass is 16.6. The Labute approximate surface area is 151 Å². The summed E-state index contributed by atoms with van der Waals surface area (Å²) in [6.07, 6.45) is 1.73. The second-order valence-electron chi connectivity index (χ2n) is 8.90. The number of Topliss-reactive ketones (excluding diaryl/α,β-unsaturated/α-hetero) is 1. The van der Waals surface area contributed by atoms with E-state index >= 15 is 0 Å². The quantitative estimate of drug-likeness (QED) is 0.632. The molecule has 3 aliphatic heterocycles. The van der Waals surface area contributed by atoms with Crippen LogP contribution < -0.4 is 0 Å². The van der Waals surface area contributed by atoms with Crippen LogP contribution in [0.25, 0.3) is 0 Å². The lowest BCUT2D eigenvalue weighted by atomic mass is 9.40. The summed E-state index contributed by atoms with van der Waals surface area (Å²) in [5.41, 5.74) is -1.33. The molecule has 0 aromatic carbocycles. The van der Waals surface area contributed by atoms with E-state index in [0.29, 0.717) is 25.0 Å². The number of carbonyl (C=O) groups excluding carboxylic acids is 1. The molecule has 1 spiro atoms. The van der Waals surface area contributed by atoms with Gasteiger partial charge in [-0.2, -0.15) is 0 Å². The molecular formula is C19H24O7. The lowest BCUT2D eigenvalue weighted by molar-refractivity contribution is -0.394. The maximum atomic E-state index is 12.2. The lowest BCUT2D eigenvalue weighted by Gasteiger charge is -2.69. The van der Waals surface area contributed by atoms with E-state index in [1.807, 2.05) is 0 Å². The van der Waals surface area contributed by atoms with Gasteiger partial charge in [0.2, 0.25) is 0 Å².